The van der Waals surface area contributed by atoms with Crippen LogP contribution in [0.2, 0.25) is 0 Å². The van der Waals surface area contributed by atoms with E-state index in [1.54, 1.807) is 13.8 Å². The first-order valence-electron chi connectivity index (χ1n) is 13.2. The van der Waals surface area contributed by atoms with E-state index in [0.29, 0.717) is 18.3 Å². The van der Waals surface area contributed by atoms with Crippen LogP contribution >= 0.6 is 0 Å². The van der Waals surface area contributed by atoms with E-state index in [1.165, 1.54) is 12.8 Å². The summed E-state index contributed by atoms with van der Waals surface area (Å²) in [7, 11) is 0. The van der Waals surface area contributed by atoms with Crippen LogP contribution in [0.1, 0.15) is 92.9 Å². The fourth-order valence-corrected chi connectivity index (χ4v) is 8.83. The van der Waals surface area contributed by atoms with Gasteiger partial charge in [0.2, 0.25) is 0 Å². The second kappa shape index (κ2) is 7.43. The number of esters is 2. The lowest BCUT2D eigenvalue weighted by Gasteiger charge is -2.46. The molecule has 1 spiro atoms. The quantitative estimate of drug-likeness (QED) is 0.422. The third-order valence-corrected chi connectivity index (χ3v) is 11.0. The van der Waals surface area contributed by atoms with Gasteiger partial charge in [-0.3, -0.25) is 9.59 Å². The van der Waals surface area contributed by atoms with Gasteiger partial charge in [-0.05, 0) is 70.1 Å². The highest BCUT2D eigenvalue weighted by atomic mass is 16.8. The SMILES string of the molecule is CCOC(=O)C1(C(=O)OCC)C[C@H](C2CCCC2)C2(C1)OC1[C@H]3CC[C@](C)(C3(C)C)[C@]1(C)O2. The molecule has 4 aliphatic carbocycles. The van der Waals surface area contributed by atoms with Crippen molar-refractivity contribution in [1.29, 1.82) is 0 Å². The molecule has 0 radical (unpaired) electrons. The summed E-state index contributed by atoms with van der Waals surface area (Å²) in [5.74, 6) is -1.11. The van der Waals surface area contributed by atoms with Gasteiger partial charge in [0.05, 0.1) is 19.3 Å². The molecule has 6 nitrogen and oxygen atoms in total. The van der Waals surface area contributed by atoms with Crippen molar-refractivity contribution in [3.8, 4) is 0 Å². The van der Waals surface area contributed by atoms with Crippen LogP contribution < -0.4 is 0 Å². The van der Waals surface area contributed by atoms with E-state index in [0.717, 1.165) is 25.7 Å². The van der Waals surface area contributed by atoms with Crippen LogP contribution in [0, 0.1) is 34.0 Å². The van der Waals surface area contributed by atoms with Gasteiger partial charge >= 0.3 is 11.9 Å². The van der Waals surface area contributed by atoms with Crippen LogP contribution in [0.15, 0.2) is 0 Å². The molecule has 0 amide bonds. The van der Waals surface area contributed by atoms with Crippen molar-refractivity contribution in [2.45, 2.75) is 110 Å². The zero-order chi connectivity index (χ0) is 23.9. The molecule has 5 rings (SSSR count). The lowest BCUT2D eigenvalue weighted by molar-refractivity contribution is -0.250. The number of hydrogen-bond donors (Lipinski definition) is 0. The van der Waals surface area contributed by atoms with Gasteiger partial charge in [0.25, 0.3) is 0 Å². The Morgan fingerprint density at radius 3 is 2.06 bits per heavy atom. The van der Waals surface area contributed by atoms with Gasteiger partial charge in [-0.25, -0.2) is 0 Å². The predicted octanol–water partition coefficient (Wildman–Crippen LogP) is 5.03. The molecule has 33 heavy (non-hydrogen) atoms. The molecule has 2 bridgehead atoms. The topological polar surface area (TPSA) is 71.1 Å². The Kier molecular flexibility index (Phi) is 5.31. The molecule has 0 aromatic rings. The number of carbonyl (C=O) groups is 2. The molecule has 186 valence electrons. The smallest absolute Gasteiger partial charge is 0.323 e. The summed E-state index contributed by atoms with van der Waals surface area (Å²) < 4.78 is 25.2. The third-order valence-electron chi connectivity index (χ3n) is 11.0. The predicted molar refractivity (Wildman–Crippen MR) is 122 cm³/mol. The molecular weight excluding hydrogens is 420 g/mol. The number of rotatable bonds is 5. The largest absolute Gasteiger partial charge is 0.465 e. The summed E-state index contributed by atoms with van der Waals surface area (Å²) in [5.41, 5.74) is -1.69. The Labute approximate surface area is 198 Å². The summed E-state index contributed by atoms with van der Waals surface area (Å²) in [6, 6.07) is 0. The molecular formula is C27H42O6. The summed E-state index contributed by atoms with van der Waals surface area (Å²) in [4.78, 5) is 26.8. The van der Waals surface area contributed by atoms with Gasteiger partial charge in [0, 0.05) is 17.8 Å². The number of hydrogen-bond acceptors (Lipinski definition) is 6. The van der Waals surface area contributed by atoms with Crippen molar-refractivity contribution in [1.82, 2.24) is 0 Å². The molecule has 1 saturated heterocycles. The molecule has 5 fully saturated rings. The second-order valence-corrected chi connectivity index (χ2v) is 12.3. The lowest BCUT2D eigenvalue weighted by Crippen LogP contribution is -2.51. The fourth-order valence-electron chi connectivity index (χ4n) is 8.83. The molecule has 6 heteroatoms. The van der Waals surface area contributed by atoms with E-state index in [-0.39, 0.29) is 42.5 Å². The average Bonchev–Trinajstić information content (AvgIpc) is 3.51. The maximum atomic E-state index is 13.4. The molecule has 0 N–H and O–H groups in total. The van der Waals surface area contributed by atoms with Gasteiger partial charge in [-0.2, -0.15) is 0 Å². The van der Waals surface area contributed by atoms with Crippen molar-refractivity contribution in [2.24, 2.45) is 34.0 Å². The number of carbonyl (C=O) groups excluding carboxylic acids is 2. The second-order valence-electron chi connectivity index (χ2n) is 12.3. The Bertz CT molecular complexity index is 812. The van der Waals surface area contributed by atoms with Crippen LogP contribution in [0.5, 0.6) is 0 Å². The maximum Gasteiger partial charge on any atom is 0.323 e. The zero-order valence-electron chi connectivity index (χ0n) is 21.3. The molecule has 2 unspecified atom stereocenters. The Hall–Kier alpha value is -1.14. The van der Waals surface area contributed by atoms with Gasteiger partial charge in [0.15, 0.2) is 11.2 Å². The van der Waals surface area contributed by atoms with Gasteiger partial charge in [-0.15, -0.1) is 0 Å². The van der Waals surface area contributed by atoms with Gasteiger partial charge in [-0.1, -0.05) is 33.6 Å². The first-order valence-corrected chi connectivity index (χ1v) is 13.2. The zero-order valence-corrected chi connectivity index (χ0v) is 21.3. The molecule has 0 aromatic heterocycles. The standard InChI is InChI=1S/C27H42O6/c1-7-30-21(28)26(22(29)31-8-2)15-19(17-11-9-10-12-17)27(16-26)32-20-18-13-14-24(5,23(18,3)4)25(20,6)33-27/h17-20H,7-16H2,1-6H3/t18-,19-,20?,24-,25-,27?/m1/s1. The van der Waals surface area contributed by atoms with Crippen molar-refractivity contribution >= 4 is 11.9 Å². The molecule has 5 aliphatic rings. The number of fused-ring (bicyclic) bond motifs is 5. The molecule has 6 atom stereocenters. The molecule has 0 aromatic carbocycles. The van der Waals surface area contributed by atoms with E-state index in [2.05, 4.69) is 27.7 Å². The van der Waals surface area contributed by atoms with Gasteiger partial charge < -0.3 is 18.9 Å². The summed E-state index contributed by atoms with van der Waals surface area (Å²) in [5, 5.41) is 0. The van der Waals surface area contributed by atoms with E-state index in [9.17, 15) is 9.59 Å². The first kappa shape index (κ1) is 23.6. The summed E-state index contributed by atoms with van der Waals surface area (Å²) in [6.07, 6.45) is 7.37. The van der Waals surface area contributed by atoms with E-state index < -0.39 is 28.7 Å². The van der Waals surface area contributed by atoms with E-state index in [4.69, 9.17) is 18.9 Å². The van der Waals surface area contributed by atoms with Crippen LogP contribution in [-0.4, -0.2) is 42.6 Å². The van der Waals surface area contributed by atoms with Crippen LogP contribution in [0.25, 0.3) is 0 Å². The van der Waals surface area contributed by atoms with Crippen LogP contribution in [0.3, 0.4) is 0 Å². The van der Waals surface area contributed by atoms with Gasteiger partial charge in [0.1, 0.15) is 5.60 Å². The Morgan fingerprint density at radius 1 is 0.909 bits per heavy atom. The summed E-state index contributed by atoms with van der Waals surface area (Å²) in [6.45, 7) is 13.3. The Morgan fingerprint density at radius 2 is 1.52 bits per heavy atom. The average molecular weight is 463 g/mol. The minimum atomic E-state index is -1.36. The molecule has 1 aliphatic heterocycles. The van der Waals surface area contributed by atoms with Crippen molar-refractivity contribution < 1.29 is 28.5 Å². The van der Waals surface area contributed by atoms with E-state index >= 15 is 0 Å². The van der Waals surface area contributed by atoms with Crippen molar-refractivity contribution in [2.75, 3.05) is 13.2 Å². The fraction of sp³-hybridized carbons (Fsp3) is 0.926. The molecule has 1 heterocycles. The minimum absolute atomic E-state index is 0.0117. The van der Waals surface area contributed by atoms with Crippen LogP contribution in [-0.2, 0) is 28.5 Å². The third kappa shape index (κ3) is 2.80. The van der Waals surface area contributed by atoms with Crippen molar-refractivity contribution in [3.05, 3.63) is 0 Å². The number of ether oxygens (including phenoxy) is 4. The normalized spacial score (nSPS) is 45.0. The summed E-state index contributed by atoms with van der Waals surface area (Å²) >= 11 is 0. The monoisotopic (exact) mass is 462 g/mol. The lowest BCUT2D eigenvalue weighted by atomic mass is 9.65. The highest BCUT2D eigenvalue weighted by Gasteiger charge is 2.81. The van der Waals surface area contributed by atoms with Crippen LogP contribution in [0.4, 0.5) is 0 Å². The van der Waals surface area contributed by atoms with E-state index in [1.807, 2.05) is 0 Å². The Balaban J connectivity index is 1.58. The van der Waals surface area contributed by atoms with Crippen molar-refractivity contribution in [3.63, 3.8) is 0 Å². The first-order chi connectivity index (χ1) is 15.5. The highest BCUT2D eigenvalue weighted by Crippen LogP contribution is 2.76. The maximum absolute atomic E-state index is 13.4. The highest BCUT2D eigenvalue weighted by molar-refractivity contribution is 6.00. The molecule has 4 saturated carbocycles. The minimum Gasteiger partial charge on any atom is -0.465 e.